The fourth-order valence-electron chi connectivity index (χ4n) is 2.08. The van der Waals surface area contributed by atoms with E-state index in [4.69, 9.17) is 0 Å². The first-order valence-electron chi connectivity index (χ1n) is 6.76. The monoisotopic (exact) mass is 281 g/mol. The van der Waals surface area contributed by atoms with Crippen LogP contribution >= 0.6 is 0 Å². The first kappa shape index (κ1) is 13.2. The van der Waals surface area contributed by atoms with Gasteiger partial charge in [0.25, 0.3) is 11.7 Å². The molecule has 0 atom stereocenters. The van der Waals surface area contributed by atoms with Crippen LogP contribution in [-0.4, -0.2) is 25.5 Å². The van der Waals surface area contributed by atoms with Gasteiger partial charge in [0.15, 0.2) is 5.82 Å². The molecule has 0 radical (unpaired) electrons. The van der Waals surface area contributed by atoms with Crippen LogP contribution in [0.3, 0.4) is 0 Å². The largest absolute Gasteiger partial charge is 0.322 e. The predicted octanol–water partition coefficient (Wildman–Crippen LogP) is 2.25. The molecule has 0 spiro atoms. The third kappa shape index (κ3) is 2.47. The summed E-state index contributed by atoms with van der Waals surface area (Å²) in [6, 6.07) is 9.31. The molecule has 2 heterocycles. The number of nitrogens with one attached hydrogen (secondary N) is 1. The Bertz CT molecular complexity index is 794. The zero-order chi connectivity index (χ0) is 14.8. The number of aromatic nitrogens is 4. The first-order chi connectivity index (χ1) is 10.2. The van der Waals surface area contributed by atoms with Crippen LogP contribution in [0.4, 0.5) is 5.69 Å². The highest BCUT2D eigenvalue weighted by Crippen LogP contribution is 2.12. The molecule has 0 unspecified atom stereocenters. The smallest absolute Gasteiger partial charge is 0.259 e. The van der Waals surface area contributed by atoms with Crippen LogP contribution in [0.2, 0.25) is 0 Å². The molecule has 3 rings (SSSR count). The summed E-state index contributed by atoms with van der Waals surface area (Å²) in [6.45, 7) is 3.82. The van der Waals surface area contributed by atoms with E-state index in [0.29, 0.717) is 17.2 Å². The Balaban J connectivity index is 1.96. The molecule has 0 aliphatic heterocycles. The fraction of sp³-hybridized carbons (Fsp3) is 0.200. The standard InChI is InChI=1S/C15H15N5O/c1-3-13-18-15-16-9-12(10(2)20(15)19-13)14(21)17-11-7-5-4-6-8-11/h4-9H,3H2,1-2H3,(H,17,21). The van der Waals surface area contributed by atoms with Crippen molar-refractivity contribution in [2.24, 2.45) is 0 Å². The molecule has 6 nitrogen and oxygen atoms in total. The van der Waals surface area contributed by atoms with Crippen LogP contribution in [-0.2, 0) is 6.42 Å². The van der Waals surface area contributed by atoms with Crippen LogP contribution in [0.5, 0.6) is 0 Å². The van der Waals surface area contributed by atoms with Crippen LogP contribution in [0, 0.1) is 6.92 Å². The molecular formula is C15H15N5O. The normalized spacial score (nSPS) is 10.8. The van der Waals surface area contributed by atoms with Crippen molar-refractivity contribution in [3.63, 3.8) is 0 Å². The molecule has 106 valence electrons. The van der Waals surface area contributed by atoms with Crippen LogP contribution in [0.25, 0.3) is 5.78 Å². The van der Waals surface area contributed by atoms with Crippen LogP contribution < -0.4 is 5.32 Å². The number of carbonyl (C=O) groups excluding carboxylic acids is 1. The third-order valence-electron chi connectivity index (χ3n) is 3.24. The number of amides is 1. The highest BCUT2D eigenvalue weighted by atomic mass is 16.1. The van der Waals surface area contributed by atoms with Gasteiger partial charge in [0, 0.05) is 18.3 Å². The Labute approximate surface area is 121 Å². The molecular weight excluding hydrogens is 266 g/mol. The third-order valence-corrected chi connectivity index (χ3v) is 3.24. The Morgan fingerprint density at radius 2 is 2.05 bits per heavy atom. The van der Waals surface area contributed by atoms with E-state index in [9.17, 15) is 4.79 Å². The summed E-state index contributed by atoms with van der Waals surface area (Å²) in [5.41, 5.74) is 1.95. The van der Waals surface area contributed by atoms with Crippen molar-refractivity contribution in [1.29, 1.82) is 0 Å². The van der Waals surface area contributed by atoms with Gasteiger partial charge in [0.1, 0.15) is 0 Å². The van der Waals surface area contributed by atoms with Gasteiger partial charge < -0.3 is 5.32 Å². The van der Waals surface area contributed by atoms with Crippen molar-refractivity contribution in [2.75, 3.05) is 5.32 Å². The van der Waals surface area contributed by atoms with Crippen molar-refractivity contribution in [2.45, 2.75) is 20.3 Å². The Kier molecular flexibility index (Phi) is 3.35. The van der Waals surface area contributed by atoms with Gasteiger partial charge in [0.2, 0.25) is 0 Å². The molecule has 0 aliphatic carbocycles. The molecule has 0 saturated heterocycles. The van der Waals surface area contributed by atoms with Crippen LogP contribution in [0.1, 0.15) is 28.8 Å². The fourth-order valence-corrected chi connectivity index (χ4v) is 2.08. The number of benzene rings is 1. The van der Waals surface area contributed by atoms with Gasteiger partial charge in [-0.25, -0.2) is 9.50 Å². The van der Waals surface area contributed by atoms with E-state index >= 15 is 0 Å². The molecule has 0 bridgehead atoms. The lowest BCUT2D eigenvalue weighted by atomic mass is 10.2. The number of hydrogen-bond donors (Lipinski definition) is 1. The van der Waals surface area contributed by atoms with E-state index in [2.05, 4.69) is 20.4 Å². The SMILES string of the molecule is CCc1nc2ncc(C(=O)Nc3ccccc3)c(C)n2n1. The lowest BCUT2D eigenvalue weighted by Crippen LogP contribution is -2.16. The minimum Gasteiger partial charge on any atom is -0.322 e. The summed E-state index contributed by atoms with van der Waals surface area (Å²) < 4.78 is 1.61. The van der Waals surface area contributed by atoms with Gasteiger partial charge in [-0.15, -0.1) is 5.10 Å². The molecule has 2 aromatic heterocycles. The number of rotatable bonds is 3. The second-order valence-corrected chi connectivity index (χ2v) is 4.67. The maximum atomic E-state index is 12.3. The van der Waals surface area contributed by atoms with E-state index in [1.807, 2.05) is 44.2 Å². The number of carbonyl (C=O) groups is 1. The average molecular weight is 281 g/mol. The number of anilines is 1. The minimum atomic E-state index is -0.207. The molecule has 1 amide bonds. The van der Waals surface area contributed by atoms with Gasteiger partial charge in [-0.3, -0.25) is 4.79 Å². The lowest BCUT2D eigenvalue weighted by molar-refractivity contribution is 0.102. The summed E-state index contributed by atoms with van der Waals surface area (Å²) in [5, 5.41) is 7.19. The van der Waals surface area contributed by atoms with E-state index in [1.165, 1.54) is 6.20 Å². The van der Waals surface area contributed by atoms with E-state index < -0.39 is 0 Å². The van der Waals surface area contributed by atoms with Gasteiger partial charge >= 0.3 is 0 Å². The average Bonchev–Trinajstić information content (AvgIpc) is 2.93. The second kappa shape index (κ2) is 5.32. The molecule has 0 fully saturated rings. The Morgan fingerprint density at radius 1 is 1.29 bits per heavy atom. The van der Waals surface area contributed by atoms with Crippen molar-refractivity contribution >= 4 is 17.4 Å². The number of nitrogens with zero attached hydrogens (tertiary/aromatic N) is 4. The molecule has 0 aliphatic rings. The zero-order valence-corrected chi connectivity index (χ0v) is 11.9. The molecule has 1 N–H and O–H groups in total. The molecule has 6 heteroatoms. The van der Waals surface area contributed by atoms with Crippen LogP contribution in [0.15, 0.2) is 36.5 Å². The van der Waals surface area contributed by atoms with Gasteiger partial charge in [0.05, 0.1) is 11.3 Å². The topological polar surface area (TPSA) is 72.2 Å². The zero-order valence-electron chi connectivity index (χ0n) is 11.9. The van der Waals surface area contributed by atoms with E-state index in [-0.39, 0.29) is 5.91 Å². The first-order valence-corrected chi connectivity index (χ1v) is 6.76. The van der Waals surface area contributed by atoms with Crippen molar-refractivity contribution in [3.05, 3.63) is 53.6 Å². The van der Waals surface area contributed by atoms with Gasteiger partial charge in [-0.2, -0.15) is 4.98 Å². The number of para-hydroxylation sites is 1. The Morgan fingerprint density at radius 3 is 2.76 bits per heavy atom. The lowest BCUT2D eigenvalue weighted by Gasteiger charge is -2.07. The number of hydrogen-bond acceptors (Lipinski definition) is 4. The predicted molar refractivity (Wildman–Crippen MR) is 79.3 cm³/mol. The van der Waals surface area contributed by atoms with Crippen molar-refractivity contribution < 1.29 is 4.79 Å². The van der Waals surface area contributed by atoms with Crippen molar-refractivity contribution in [3.8, 4) is 0 Å². The summed E-state index contributed by atoms with van der Waals surface area (Å²) in [7, 11) is 0. The maximum absolute atomic E-state index is 12.3. The molecule has 0 saturated carbocycles. The van der Waals surface area contributed by atoms with Gasteiger partial charge in [-0.1, -0.05) is 25.1 Å². The number of aryl methyl sites for hydroxylation is 2. The highest BCUT2D eigenvalue weighted by Gasteiger charge is 2.15. The minimum absolute atomic E-state index is 0.207. The summed E-state index contributed by atoms with van der Waals surface area (Å²) in [5.74, 6) is 1.02. The summed E-state index contributed by atoms with van der Waals surface area (Å²) in [6.07, 6.45) is 2.27. The Hall–Kier alpha value is -2.76. The van der Waals surface area contributed by atoms with E-state index in [1.54, 1.807) is 4.52 Å². The molecule has 21 heavy (non-hydrogen) atoms. The highest BCUT2D eigenvalue weighted by molar-refractivity contribution is 6.04. The van der Waals surface area contributed by atoms with Gasteiger partial charge in [-0.05, 0) is 19.1 Å². The number of fused-ring (bicyclic) bond motifs is 1. The second-order valence-electron chi connectivity index (χ2n) is 4.67. The summed E-state index contributed by atoms with van der Waals surface area (Å²) >= 11 is 0. The van der Waals surface area contributed by atoms with Crippen molar-refractivity contribution in [1.82, 2.24) is 19.6 Å². The molecule has 1 aromatic carbocycles. The summed E-state index contributed by atoms with van der Waals surface area (Å²) in [4.78, 5) is 20.8. The molecule has 3 aromatic rings. The maximum Gasteiger partial charge on any atom is 0.259 e. The van der Waals surface area contributed by atoms with E-state index in [0.717, 1.165) is 17.8 Å². The quantitative estimate of drug-likeness (QED) is 0.799.